The molecule has 0 aliphatic rings. The molecule has 0 radical (unpaired) electrons. The highest BCUT2D eigenvalue weighted by Crippen LogP contribution is 2.34. The van der Waals surface area contributed by atoms with Crippen molar-refractivity contribution in [2.24, 2.45) is 0 Å². The van der Waals surface area contributed by atoms with Crippen LogP contribution in [0.2, 0.25) is 0 Å². The zero-order valence-electron chi connectivity index (χ0n) is 13.9. The predicted octanol–water partition coefficient (Wildman–Crippen LogP) is 3.41. The van der Waals surface area contributed by atoms with E-state index >= 15 is 0 Å². The molecule has 5 nitrogen and oxygen atoms in total. The zero-order chi connectivity index (χ0) is 18.3. The number of aromatic nitrogens is 2. The summed E-state index contributed by atoms with van der Waals surface area (Å²) in [5.74, 6) is -1.75. The number of halogens is 2. The van der Waals surface area contributed by atoms with Crippen molar-refractivity contribution in [1.82, 2.24) is 15.5 Å². The molecule has 2 heterocycles. The lowest BCUT2D eigenvalue weighted by Gasteiger charge is -2.08. The fraction of sp³-hybridized carbons (Fsp3) is 0.235. The van der Waals surface area contributed by atoms with Crippen LogP contribution in [0.1, 0.15) is 32.1 Å². The molecular formula is C17H16F2N4OS. The maximum Gasteiger partial charge on any atom is 0.263 e. The van der Waals surface area contributed by atoms with E-state index in [4.69, 9.17) is 5.73 Å². The van der Waals surface area contributed by atoms with Crippen molar-refractivity contribution >= 4 is 33.1 Å². The van der Waals surface area contributed by atoms with Gasteiger partial charge in [-0.25, -0.2) is 8.78 Å². The third-order valence-electron chi connectivity index (χ3n) is 4.11. The molecule has 0 aliphatic heterocycles. The second-order valence-corrected chi connectivity index (χ2v) is 6.81. The normalized spacial score (nSPS) is 11.1. The van der Waals surface area contributed by atoms with Crippen LogP contribution in [0.3, 0.4) is 0 Å². The maximum absolute atomic E-state index is 13.8. The van der Waals surface area contributed by atoms with E-state index in [1.807, 2.05) is 13.8 Å². The molecule has 3 aromatic rings. The van der Waals surface area contributed by atoms with Gasteiger partial charge in [-0.1, -0.05) is 0 Å². The summed E-state index contributed by atoms with van der Waals surface area (Å²) in [7, 11) is 0. The second kappa shape index (κ2) is 6.36. The molecule has 25 heavy (non-hydrogen) atoms. The largest absolute Gasteiger partial charge is 0.397 e. The number of thiophene rings is 1. The number of nitrogens with zero attached hydrogens (tertiary/aromatic N) is 2. The average molecular weight is 362 g/mol. The van der Waals surface area contributed by atoms with Crippen molar-refractivity contribution in [1.29, 1.82) is 0 Å². The van der Waals surface area contributed by atoms with E-state index in [0.717, 1.165) is 28.7 Å². The summed E-state index contributed by atoms with van der Waals surface area (Å²) in [4.78, 5) is 13.3. The van der Waals surface area contributed by atoms with Gasteiger partial charge in [-0.05, 0) is 38.0 Å². The van der Waals surface area contributed by atoms with Crippen LogP contribution < -0.4 is 11.1 Å². The number of rotatable bonds is 3. The third kappa shape index (κ3) is 3.05. The fourth-order valence-corrected chi connectivity index (χ4v) is 3.53. The van der Waals surface area contributed by atoms with Crippen LogP contribution in [-0.2, 0) is 6.54 Å². The number of carbonyl (C=O) groups is 1. The lowest BCUT2D eigenvalue weighted by atomic mass is 10.1. The van der Waals surface area contributed by atoms with Crippen molar-refractivity contribution in [2.75, 3.05) is 5.73 Å². The van der Waals surface area contributed by atoms with Gasteiger partial charge in [0, 0.05) is 23.6 Å². The maximum atomic E-state index is 13.8. The molecule has 0 unspecified atom stereocenters. The van der Waals surface area contributed by atoms with Crippen molar-refractivity contribution in [3.63, 3.8) is 0 Å². The van der Waals surface area contributed by atoms with Gasteiger partial charge in [0.05, 0.1) is 11.4 Å². The summed E-state index contributed by atoms with van der Waals surface area (Å²) in [6.45, 7) is 5.16. The third-order valence-corrected chi connectivity index (χ3v) is 5.20. The van der Waals surface area contributed by atoms with Gasteiger partial charge in [0.1, 0.15) is 21.3 Å². The van der Waals surface area contributed by atoms with Crippen molar-refractivity contribution in [2.45, 2.75) is 27.3 Å². The second-order valence-electron chi connectivity index (χ2n) is 5.81. The van der Waals surface area contributed by atoms with E-state index in [-0.39, 0.29) is 12.1 Å². The van der Waals surface area contributed by atoms with Crippen LogP contribution in [0, 0.1) is 32.4 Å². The molecule has 0 saturated carbocycles. The number of aryl methyl sites for hydroxylation is 3. The van der Waals surface area contributed by atoms with Gasteiger partial charge in [0.15, 0.2) is 0 Å². The number of nitrogens with two attached hydrogens (primary N) is 1. The number of nitrogens with one attached hydrogen (secondary N) is 1. The first-order chi connectivity index (χ1) is 11.8. The number of benzene rings is 1. The Balaban J connectivity index is 1.87. The van der Waals surface area contributed by atoms with Gasteiger partial charge >= 0.3 is 0 Å². The molecule has 0 saturated heterocycles. The molecule has 0 spiro atoms. The molecule has 2 aromatic heterocycles. The molecule has 1 amide bonds. The molecule has 130 valence electrons. The molecule has 0 bridgehead atoms. The van der Waals surface area contributed by atoms with Crippen molar-refractivity contribution < 1.29 is 13.6 Å². The van der Waals surface area contributed by atoms with Crippen LogP contribution in [-0.4, -0.2) is 16.1 Å². The van der Waals surface area contributed by atoms with Crippen LogP contribution >= 0.6 is 11.3 Å². The topological polar surface area (TPSA) is 80.9 Å². The Labute approximate surface area is 146 Å². The molecular weight excluding hydrogens is 346 g/mol. The van der Waals surface area contributed by atoms with Gasteiger partial charge in [-0.2, -0.15) is 5.10 Å². The monoisotopic (exact) mass is 362 g/mol. The number of carbonyl (C=O) groups excluding carboxylic acids is 1. The molecule has 1 aromatic carbocycles. The number of nitrogen functional groups attached to an aromatic ring is 1. The van der Waals surface area contributed by atoms with E-state index in [9.17, 15) is 13.6 Å². The summed E-state index contributed by atoms with van der Waals surface area (Å²) < 4.78 is 27.1. The van der Waals surface area contributed by atoms with Crippen LogP contribution in [0.15, 0.2) is 12.1 Å². The first-order valence-electron chi connectivity index (χ1n) is 7.54. The summed E-state index contributed by atoms with van der Waals surface area (Å²) in [6.07, 6.45) is 0. The average Bonchev–Trinajstić information content (AvgIpc) is 2.90. The smallest absolute Gasteiger partial charge is 0.263 e. The Morgan fingerprint density at radius 2 is 1.92 bits per heavy atom. The van der Waals surface area contributed by atoms with Crippen molar-refractivity contribution in [3.8, 4) is 0 Å². The Morgan fingerprint density at radius 1 is 1.20 bits per heavy atom. The Morgan fingerprint density at radius 3 is 2.64 bits per heavy atom. The first kappa shape index (κ1) is 17.2. The summed E-state index contributed by atoms with van der Waals surface area (Å²) in [6, 6.07) is 2.19. The molecule has 8 heteroatoms. The Kier molecular flexibility index (Phi) is 4.38. The van der Waals surface area contributed by atoms with E-state index in [2.05, 4.69) is 15.5 Å². The van der Waals surface area contributed by atoms with Gasteiger partial charge in [0.25, 0.3) is 5.91 Å². The minimum atomic E-state index is -0.704. The quantitative estimate of drug-likeness (QED) is 0.748. The SMILES string of the molecule is Cc1cc(CNC(=O)c2sc3nnc(C)c(C)c3c2N)c(F)cc1F. The molecule has 3 N–H and O–H groups in total. The van der Waals surface area contributed by atoms with Gasteiger partial charge < -0.3 is 11.1 Å². The van der Waals surface area contributed by atoms with Crippen molar-refractivity contribution in [3.05, 3.63) is 51.0 Å². The summed E-state index contributed by atoms with van der Waals surface area (Å²) in [5, 5.41) is 11.4. The zero-order valence-corrected chi connectivity index (χ0v) is 14.7. The van der Waals surface area contributed by atoms with Crippen LogP contribution in [0.4, 0.5) is 14.5 Å². The number of hydrogen-bond donors (Lipinski definition) is 2. The number of anilines is 1. The van der Waals surface area contributed by atoms with E-state index in [0.29, 0.717) is 26.3 Å². The highest BCUT2D eigenvalue weighted by molar-refractivity contribution is 7.21. The molecule has 3 rings (SSSR count). The lowest BCUT2D eigenvalue weighted by Crippen LogP contribution is -2.23. The van der Waals surface area contributed by atoms with Crippen LogP contribution in [0.25, 0.3) is 10.2 Å². The molecule has 0 aliphatic carbocycles. The van der Waals surface area contributed by atoms with E-state index in [1.54, 1.807) is 0 Å². The molecule has 0 fully saturated rings. The Hall–Kier alpha value is -2.61. The Bertz CT molecular complexity index is 1000. The molecule has 0 atom stereocenters. The minimum Gasteiger partial charge on any atom is -0.397 e. The highest BCUT2D eigenvalue weighted by atomic mass is 32.1. The predicted molar refractivity (Wildman–Crippen MR) is 93.6 cm³/mol. The lowest BCUT2D eigenvalue weighted by molar-refractivity contribution is 0.0955. The van der Waals surface area contributed by atoms with Crippen LogP contribution in [0.5, 0.6) is 0 Å². The minimum absolute atomic E-state index is 0.0663. The summed E-state index contributed by atoms with van der Waals surface area (Å²) >= 11 is 1.14. The summed E-state index contributed by atoms with van der Waals surface area (Å²) in [5.41, 5.74) is 8.58. The number of amides is 1. The highest BCUT2D eigenvalue weighted by Gasteiger charge is 2.20. The standard InChI is InChI=1S/C17H16F2N4OS/c1-7-4-10(12(19)5-11(7)18)6-21-16(24)15-14(20)13-8(2)9(3)22-23-17(13)25-15/h4-5H,6,20H2,1-3H3,(H,21,24). The number of hydrogen-bond acceptors (Lipinski definition) is 5. The van der Waals surface area contributed by atoms with E-state index < -0.39 is 17.5 Å². The van der Waals surface area contributed by atoms with Gasteiger partial charge in [-0.15, -0.1) is 16.4 Å². The fourth-order valence-electron chi connectivity index (χ4n) is 2.52. The van der Waals surface area contributed by atoms with Gasteiger partial charge in [0.2, 0.25) is 0 Å². The number of fused-ring (bicyclic) bond motifs is 1. The first-order valence-corrected chi connectivity index (χ1v) is 8.35. The van der Waals surface area contributed by atoms with Gasteiger partial charge in [-0.3, -0.25) is 4.79 Å². The van der Waals surface area contributed by atoms with E-state index in [1.165, 1.54) is 13.0 Å².